The second-order valence-corrected chi connectivity index (χ2v) is 9.39. The van der Waals surface area contributed by atoms with Crippen molar-refractivity contribution in [3.63, 3.8) is 0 Å². The predicted octanol–water partition coefficient (Wildman–Crippen LogP) is 2.07. The van der Waals surface area contributed by atoms with E-state index in [1.54, 1.807) is 0 Å². The summed E-state index contributed by atoms with van der Waals surface area (Å²) in [5.74, 6) is -1.08. The smallest absolute Gasteiger partial charge is 0.256 e. The van der Waals surface area contributed by atoms with Crippen molar-refractivity contribution < 1.29 is 22.7 Å². The maximum atomic E-state index is 13.6. The topological polar surface area (TPSA) is 86.7 Å². The molecule has 2 N–H and O–H groups in total. The number of aliphatic hydroxyl groups excluding tert-OH is 1. The van der Waals surface area contributed by atoms with Crippen molar-refractivity contribution in [2.24, 2.45) is 11.3 Å². The average Bonchev–Trinajstić information content (AvgIpc) is 2.45. The fourth-order valence-corrected chi connectivity index (χ4v) is 3.86. The summed E-state index contributed by atoms with van der Waals surface area (Å²) >= 11 is 0. The van der Waals surface area contributed by atoms with Crippen LogP contribution in [0.3, 0.4) is 0 Å². The molecule has 1 amide bonds. The summed E-state index contributed by atoms with van der Waals surface area (Å²) in [4.78, 5) is 14.2. The minimum absolute atomic E-state index is 0.0290. The maximum absolute atomic E-state index is 13.6. The third kappa shape index (κ3) is 4.92. The number of halogens is 1. The predicted molar refractivity (Wildman–Crippen MR) is 94.3 cm³/mol. The molecule has 1 aromatic carbocycles. The highest BCUT2D eigenvalue weighted by Gasteiger charge is 2.37. The van der Waals surface area contributed by atoms with Gasteiger partial charge in [0.2, 0.25) is 10.0 Å². The Bertz CT molecular complexity index is 758. The van der Waals surface area contributed by atoms with Crippen molar-refractivity contribution in [1.82, 2.24) is 4.90 Å². The lowest BCUT2D eigenvalue weighted by Crippen LogP contribution is -2.50. The molecule has 1 aliphatic rings. The van der Waals surface area contributed by atoms with Gasteiger partial charge in [0.25, 0.3) is 5.91 Å². The number of β-amino-alcohol motifs (C(OH)–C–C–N with tert-alkyl or cyclic N) is 1. The van der Waals surface area contributed by atoms with Gasteiger partial charge in [-0.25, -0.2) is 12.8 Å². The van der Waals surface area contributed by atoms with Gasteiger partial charge in [-0.15, -0.1) is 0 Å². The number of carbonyl (C=O) groups is 1. The Hall–Kier alpha value is -1.67. The van der Waals surface area contributed by atoms with Crippen LogP contribution >= 0.6 is 0 Å². The highest BCUT2D eigenvalue weighted by atomic mass is 32.2. The summed E-state index contributed by atoms with van der Waals surface area (Å²) in [6.45, 7) is 6.68. The molecule has 1 saturated heterocycles. The monoisotopic (exact) mass is 372 g/mol. The molecule has 0 radical (unpaired) electrons. The largest absolute Gasteiger partial charge is 0.391 e. The first-order valence-electron chi connectivity index (χ1n) is 8.13. The van der Waals surface area contributed by atoms with Crippen molar-refractivity contribution in [3.05, 3.63) is 29.6 Å². The summed E-state index contributed by atoms with van der Waals surface area (Å²) in [7, 11) is -3.61. The number of benzene rings is 1. The van der Waals surface area contributed by atoms with Gasteiger partial charge in [-0.2, -0.15) is 0 Å². The molecule has 1 heterocycles. The molecule has 0 spiro atoms. The fraction of sp³-hybridized carbons (Fsp3) is 0.588. The second kappa shape index (κ2) is 6.92. The van der Waals surface area contributed by atoms with E-state index in [0.29, 0.717) is 13.0 Å². The zero-order valence-corrected chi connectivity index (χ0v) is 15.7. The molecule has 1 aliphatic heterocycles. The van der Waals surface area contributed by atoms with Crippen molar-refractivity contribution in [3.8, 4) is 0 Å². The molecular weight excluding hydrogens is 347 g/mol. The Labute approximate surface area is 148 Å². The third-order valence-electron chi connectivity index (χ3n) is 4.49. The Kier molecular flexibility index (Phi) is 5.44. The first kappa shape index (κ1) is 19.7. The van der Waals surface area contributed by atoms with Gasteiger partial charge in [0.15, 0.2) is 0 Å². The molecule has 0 unspecified atom stereocenters. The van der Waals surface area contributed by atoms with Crippen LogP contribution in [0, 0.1) is 17.2 Å². The van der Waals surface area contributed by atoms with Gasteiger partial charge < -0.3 is 10.0 Å². The number of nitrogens with one attached hydrogen (secondary N) is 1. The standard InChI is InChI=1S/C17H25FN2O4S/c1-17(2,3)13-7-8-20(10-15(13)21)16(22)12-9-11(18)5-6-14(12)19-25(4,23)24/h5-6,9,13,15,19,21H,7-8,10H2,1-4H3/t13-,15+/m1/s1. The highest BCUT2D eigenvalue weighted by Crippen LogP contribution is 2.35. The van der Waals surface area contributed by atoms with E-state index >= 15 is 0 Å². The number of piperidine rings is 1. The molecule has 2 rings (SSSR count). The van der Waals surface area contributed by atoms with Crippen molar-refractivity contribution in [1.29, 1.82) is 0 Å². The molecule has 1 aromatic rings. The van der Waals surface area contributed by atoms with E-state index in [1.165, 1.54) is 11.0 Å². The van der Waals surface area contributed by atoms with Gasteiger partial charge in [-0.1, -0.05) is 20.8 Å². The molecule has 0 aliphatic carbocycles. The number of nitrogens with zero attached hydrogens (tertiary/aromatic N) is 1. The maximum Gasteiger partial charge on any atom is 0.256 e. The van der Waals surface area contributed by atoms with E-state index < -0.39 is 27.9 Å². The number of likely N-dealkylation sites (tertiary alicyclic amines) is 1. The number of sulfonamides is 1. The fourth-order valence-electron chi connectivity index (χ4n) is 3.28. The number of hydrogen-bond acceptors (Lipinski definition) is 4. The van der Waals surface area contributed by atoms with E-state index in [1.807, 2.05) is 20.8 Å². The molecule has 8 heteroatoms. The lowest BCUT2D eigenvalue weighted by atomic mass is 9.73. The van der Waals surface area contributed by atoms with Crippen LogP contribution in [0.25, 0.3) is 0 Å². The van der Waals surface area contributed by atoms with Crippen LogP contribution in [0.1, 0.15) is 37.6 Å². The molecular formula is C17H25FN2O4S. The van der Waals surface area contributed by atoms with E-state index in [2.05, 4.69) is 4.72 Å². The van der Waals surface area contributed by atoms with Crippen LogP contribution in [-0.4, -0.2) is 49.8 Å². The lowest BCUT2D eigenvalue weighted by Gasteiger charge is -2.42. The third-order valence-corrected chi connectivity index (χ3v) is 5.08. The van der Waals surface area contributed by atoms with Crippen LogP contribution < -0.4 is 4.72 Å². The minimum Gasteiger partial charge on any atom is -0.391 e. The number of hydrogen-bond donors (Lipinski definition) is 2. The summed E-state index contributed by atoms with van der Waals surface area (Å²) in [6.07, 6.45) is 0.904. The number of aliphatic hydroxyl groups is 1. The van der Waals surface area contributed by atoms with Crippen LogP contribution in [-0.2, 0) is 10.0 Å². The van der Waals surface area contributed by atoms with E-state index in [4.69, 9.17) is 0 Å². The normalized spacial score (nSPS) is 21.9. The average molecular weight is 372 g/mol. The lowest BCUT2D eigenvalue weighted by molar-refractivity contribution is -0.0188. The van der Waals surface area contributed by atoms with Crippen molar-refractivity contribution in [2.75, 3.05) is 24.1 Å². The molecule has 1 fully saturated rings. The van der Waals surface area contributed by atoms with Gasteiger partial charge >= 0.3 is 0 Å². The van der Waals surface area contributed by atoms with Crippen molar-refractivity contribution >= 4 is 21.6 Å². The Morgan fingerprint density at radius 2 is 2.00 bits per heavy atom. The Balaban J connectivity index is 2.25. The van der Waals surface area contributed by atoms with E-state index in [9.17, 15) is 22.7 Å². The SMILES string of the molecule is CC(C)(C)[C@@H]1CCN(C(=O)c2cc(F)ccc2NS(C)(=O)=O)C[C@@H]1O. The molecule has 2 atom stereocenters. The zero-order chi connectivity index (χ0) is 19.0. The summed E-state index contributed by atoms with van der Waals surface area (Å²) in [5, 5.41) is 10.4. The Morgan fingerprint density at radius 1 is 1.36 bits per heavy atom. The number of carbonyl (C=O) groups excluding carboxylic acids is 1. The van der Waals surface area contributed by atoms with Crippen LogP contribution in [0.4, 0.5) is 10.1 Å². The van der Waals surface area contributed by atoms with Gasteiger partial charge in [-0.3, -0.25) is 9.52 Å². The summed E-state index contributed by atoms with van der Waals surface area (Å²) < 4.78 is 38.8. The first-order valence-corrected chi connectivity index (χ1v) is 10.0. The quantitative estimate of drug-likeness (QED) is 0.850. The van der Waals surface area contributed by atoms with Crippen molar-refractivity contribution in [2.45, 2.75) is 33.3 Å². The van der Waals surface area contributed by atoms with E-state index in [-0.39, 0.29) is 29.1 Å². The second-order valence-electron chi connectivity index (χ2n) is 7.64. The first-order chi connectivity index (χ1) is 11.4. The van der Waals surface area contributed by atoms with Crippen LogP contribution in [0.15, 0.2) is 18.2 Å². The molecule has 0 aromatic heterocycles. The molecule has 0 saturated carbocycles. The van der Waals surface area contributed by atoms with Gasteiger partial charge in [0, 0.05) is 13.1 Å². The van der Waals surface area contributed by atoms with Gasteiger partial charge in [-0.05, 0) is 36.0 Å². The van der Waals surface area contributed by atoms with Gasteiger partial charge in [0.1, 0.15) is 5.82 Å². The molecule has 6 nitrogen and oxygen atoms in total. The van der Waals surface area contributed by atoms with Crippen LogP contribution in [0.5, 0.6) is 0 Å². The Morgan fingerprint density at radius 3 is 2.52 bits per heavy atom. The molecule has 140 valence electrons. The zero-order valence-electron chi connectivity index (χ0n) is 14.9. The summed E-state index contributed by atoms with van der Waals surface area (Å²) in [6, 6.07) is 3.32. The van der Waals surface area contributed by atoms with Gasteiger partial charge in [0.05, 0.1) is 23.6 Å². The summed E-state index contributed by atoms with van der Waals surface area (Å²) in [5.41, 5.74) is -0.121. The minimum atomic E-state index is -3.61. The number of anilines is 1. The molecule has 0 bridgehead atoms. The highest BCUT2D eigenvalue weighted by molar-refractivity contribution is 7.92. The number of rotatable bonds is 3. The van der Waals surface area contributed by atoms with E-state index in [0.717, 1.165) is 18.4 Å². The molecule has 25 heavy (non-hydrogen) atoms. The number of amides is 1. The van der Waals surface area contributed by atoms with Crippen LogP contribution in [0.2, 0.25) is 0 Å².